The largest absolute Gasteiger partial charge is 0.392 e. The minimum atomic E-state index is -0.544. The van der Waals surface area contributed by atoms with Crippen LogP contribution in [-0.2, 0) is 22.6 Å². The van der Waals surface area contributed by atoms with Crippen LogP contribution in [0.1, 0.15) is 79.6 Å². The van der Waals surface area contributed by atoms with Crippen LogP contribution in [0.4, 0.5) is 4.79 Å². The molecule has 3 atom stereocenters. The Kier molecular flexibility index (Phi) is 9.42. The third-order valence-electron chi connectivity index (χ3n) is 10.9. The van der Waals surface area contributed by atoms with Gasteiger partial charge >= 0.3 is 6.03 Å². The normalized spacial score (nSPS) is 28.7. The molecule has 2 amide bonds. The van der Waals surface area contributed by atoms with E-state index in [9.17, 15) is 9.90 Å². The van der Waals surface area contributed by atoms with E-state index in [4.69, 9.17) is 9.47 Å². The van der Waals surface area contributed by atoms with E-state index in [1.807, 2.05) is 42.5 Å². The van der Waals surface area contributed by atoms with Crippen LogP contribution >= 0.6 is 11.8 Å². The molecule has 4 bridgehead atoms. The first-order valence-corrected chi connectivity index (χ1v) is 18.6. The Hall–Kier alpha value is -3.76. The molecule has 49 heavy (non-hydrogen) atoms. The predicted molar refractivity (Wildman–Crippen MR) is 189 cm³/mol. The number of aliphatic hydroxyl groups is 1. The van der Waals surface area contributed by atoms with Gasteiger partial charge in [-0.25, -0.2) is 14.8 Å². The smallest absolute Gasteiger partial charge is 0.315 e. The van der Waals surface area contributed by atoms with Crippen molar-refractivity contribution in [3.8, 4) is 11.1 Å². The number of hydrogen-bond acceptors (Lipinski definition) is 7. The second-order valence-corrected chi connectivity index (χ2v) is 15.5. The molecule has 4 aliphatic carbocycles. The second-order valence-electron chi connectivity index (χ2n) is 14.5. The number of carbonyl (C=O) groups excluding carboxylic acids is 1. The summed E-state index contributed by atoms with van der Waals surface area (Å²) >= 11 is 1.58. The molecule has 9 rings (SSSR count). The molecule has 4 saturated carbocycles. The standard InChI is InChI=1S/C40H44N4O4S/c45-24-26-6-8-31(9-7-26)36-19-34(25-49-39-41-14-3-15-42-39)47-37(48-36)32-12-10-30(11-13-32)35-5-2-1-4-33(35)23-43-38(46)44-40-20-27-16-28(21-40)18-29(17-27)22-40/h1-15,27-29,34,36-37,45H,16-25H2,(H2,43,44,46)/t27?,28?,29?,34-,36+,37+,40?/m0/s1. The summed E-state index contributed by atoms with van der Waals surface area (Å²) in [6.07, 6.45) is 10.9. The highest BCUT2D eigenvalue weighted by molar-refractivity contribution is 7.99. The van der Waals surface area contributed by atoms with Crippen LogP contribution in [-0.4, -0.2) is 38.5 Å². The molecule has 1 saturated heterocycles. The van der Waals surface area contributed by atoms with Crippen LogP contribution in [0, 0.1) is 17.8 Å². The Morgan fingerprint density at radius 3 is 2.18 bits per heavy atom. The lowest BCUT2D eigenvalue weighted by atomic mass is 9.53. The molecule has 3 N–H and O–H groups in total. The van der Waals surface area contributed by atoms with Gasteiger partial charge in [-0.1, -0.05) is 84.6 Å². The van der Waals surface area contributed by atoms with Gasteiger partial charge in [0.25, 0.3) is 0 Å². The predicted octanol–water partition coefficient (Wildman–Crippen LogP) is 7.74. The Morgan fingerprint density at radius 1 is 0.816 bits per heavy atom. The average molecular weight is 677 g/mol. The molecule has 3 aromatic carbocycles. The lowest BCUT2D eigenvalue weighted by molar-refractivity contribution is -0.245. The maximum Gasteiger partial charge on any atom is 0.315 e. The summed E-state index contributed by atoms with van der Waals surface area (Å²) in [7, 11) is 0. The van der Waals surface area contributed by atoms with Crippen molar-refractivity contribution in [2.24, 2.45) is 17.8 Å². The van der Waals surface area contributed by atoms with E-state index < -0.39 is 6.29 Å². The minimum Gasteiger partial charge on any atom is -0.392 e. The molecule has 9 heteroatoms. The Labute approximate surface area is 292 Å². The number of amides is 2. The molecule has 2 heterocycles. The summed E-state index contributed by atoms with van der Waals surface area (Å²) in [6, 6.07) is 26.4. The monoisotopic (exact) mass is 676 g/mol. The summed E-state index contributed by atoms with van der Waals surface area (Å²) in [6.45, 7) is 0.473. The van der Waals surface area contributed by atoms with Crippen LogP contribution in [0.25, 0.3) is 11.1 Å². The highest BCUT2D eigenvalue weighted by atomic mass is 32.2. The third-order valence-corrected chi connectivity index (χ3v) is 11.9. The fourth-order valence-corrected chi connectivity index (χ4v) is 9.87. The van der Waals surface area contributed by atoms with E-state index in [1.165, 1.54) is 19.3 Å². The van der Waals surface area contributed by atoms with E-state index in [2.05, 4.69) is 57.0 Å². The van der Waals surface area contributed by atoms with Crippen LogP contribution in [0.5, 0.6) is 0 Å². The van der Waals surface area contributed by atoms with E-state index >= 15 is 0 Å². The molecule has 0 unspecified atom stereocenters. The third kappa shape index (κ3) is 7.41. The van der Waals surface area contributed by atoms with Gasteiger partial charge in [-0.3, -0.25) is 0 Å². The molecule has 0 spiro atoms. The second kappa shape index (κ2) is 14.2. The van der Waals surface area contributed by atoms with Crippen molar-refractivity contribution >= 4 is 17.8 Å². The van der Waals surface area contributed by atoms with Gasteiger partial charge in [0.2, 0.25) is 0 Å². The van der Waals surface area contributed by atoms with Gasteiger partial charge in [-0.15, -0.1) is 0 Å². The number of thioether (sulfide) groups is 1. The molecule has 0 radical (unpaired) electrons. The van der Waals surface area contributed by atoms with Crippen molar-refractivity contribution in [3.63, 3.8) is 0 Å². The highest BCUT2D eigenvalue weighted by Crippen LogP contribution is 2.55. The first kappa shape index (κ1) is 32.4. The van der Waals surface area contributed by atoms with Gasteiger partial charge in [0.15, 0.2) is 11.4 Å². The zero-order chi connectivity index (χ0) is 33.2. The summed E-state index contributed by atoms with van der Waals surface area (Å²) in [4.78, 5) is 21.9. The number of nitrogens with one attached hydrogen (secondary N) is 2. The van der Waals surface area contributed by atoms with E-state index in [1.54, 1.807) is 24.2 Å². The fraction of sp³-hybridized carbons (Fsp3) is 0.425. The number of urea groups is 1. The summed E-state index contributed by atoms with van der Waals surface area (Å²) in [5.41, 5.74) is 6.10. The van der Waals surface area contributed by atoms with Gasteiger partial charge in [0.05, 0.1) is 18.8 Å². The zero-order valence-electron chi connectivity index (χ0n) is 27.7. The number of aromatic nitrogens is 2. The number of aliphatic hydroxyl groups excluding tert-OH is 1. The SMILES string of the molecule is O=C(NCc1ccccc1-c1ccc([C@@H]2O[C@H](CSc3ncccn3)C[C@H](c3ccc(CO)cc3)O2)cc1)NC12CC3CC(CC(C3)C1)C2. The van der Waals surface area contributed by atoms with Gasteiger partial charge in [-0.2, -0.15) is 0 Å². The van der Waals surface area contributed by atoms with Crippen molar-refractivity contribution < 1.29 is 19.4 Å². The van der Waals surface area contributed by atoms with Crippen molar-refractivity contribution in [3.05, 3.63) is 114 Å². The number of nitrogens with zero attached hydrogens (tertiary/aromatic N) is 2. The summed E-state index contributed by atoms with van der Waals surface area (Å²) in [5.74, 6) is 3.07. The zero-order valence-corrected chi connectivity index (χ0v) is 28.5. The average Bonchev–Trinajstić information content (AvgIpc) is 3.13. The van der Waals surface area contributed by atoms with Crippen LogP contribution < -0.4 is 10.6 Å². The Bertz CT molecular complexity index is 1700. The maximum absolute atomic E-state index is 13.2. The number of rotatable bonds is 10. The van der Waals surface area contributed by atoms with Gasteiger partial charge in [0, 0.05) is 42.2 Å². The van der Waals surface area contributed by atoms with Crippen molar-refractivity contribution in [2.75, 3.05) is 5.75 Å². The van der Waals surface area contributed by atoms with E-state index in [-0.39, 0.29) is 30.4 Å². The number of ether oxygens (including phenoxy) is 2. The Morgan fingerprint density at radius 2 is 1.49 bits per heavy atom. The molecular formula is C40H44N4O4S. The van der Waals surface area contributed by atoms with Crippen molar-refractivity contribution in [1.82, 2.24) is 20.6 Å². The lowest BCUT2D eigenvalue weighted by Crippen LogP contribution is -2.61. The van der Waals surface area contributed by atoms with Crippen LogP contribution in [0.2, 0.25) is 0 Å². The lowest BCUT2D eigenvalue weighted by Gasteiger charge is -2.56. The fourth-order valence-electron chi connectivity index (χ4n) is 9.05. The first-order chi connectivity index (χ1) is 24.0. The first-order valence-electron chi connectivity index (χ1n) is 17.7. The van der Waals surface area contributed by atoms with Crippen molar-refractivity contribution in [2.45, 2.75) is 87.3 Å². The van der Waals surface area contributed by atoms with Crippen molar-refractivity contribution in [1.29, 1.82) is 0 Å². The molecule has 5 aliphatic rings. The maximum atomic E-state index is 13.2. The molecule has 4 aromatic rings. The Balaban J connectivity index is 0.947. The number of benzene rings is 3. The summed E-state index contributed by atoms with van der Waals surface area (Å²) in [5, 5.41) is 16.9. The van der Waals surface area contributed by atoms with Gasteiger partial charge < -0.3 is 25.2 Å². The highest BCUT2D eigenvalue weighted by Gasteiger charge is 2.51. The molecule has 5 fully saturated rings. The van der Waals surface area contributed by atoms with E-state index in [0.717, 1.165) is 75.6 Å². The molecule has 8 nitrogen and oxygen atoms in total. The van der Waals surface area contributed by atoms with Gasteiger partial charge in [-0.05, 0) is 90.2 Å². The van der Waals surface area contributed by atoms with Gasteiger partial charge in [0.1, 0.15) is 0 Å². The molecule has 254 valence electrons. The van der Waals surface area contributed by atoms with Crippen LogP contribution in [0.15, 0.2) is 96.4 Å². The number of carbonyl (C=O) groups is 1. The van der Waals surface area contributed by atoms with Crippen LogP contribution in [0.3, 0.4) is 0 Å². The number of hydrogen-bond donors (Lipinski definition) is 3. The quantitative estimate of drug-likeness (QED) is 0.117. The summed E-state index contributed by atoms with van der Waals surface area (Å²) < 4.78 is 13.1. The topological polar surface area (TPSA) is 106 Å². The molecule has 1 aliphatic heterocycles. The molecular weight excluding hydrogens is 633 g/mol. The minimum absolute atomic E-state index is 0.00759. The molecule has 1 aromatic heterocycles. The van der Waals surface area contributed by atoms with E-state index in [0.29, 0.717) is 18.7 Å².